The van der Waals surface area contributed by atoms with Crippen LogP contribution in [-0.4, -0.2) is 55.9 Å². The van der Waals surface area contributed by atoms with Crippen LogP contribution in [0.5, 0.6) is 5.75 Å². The lowest BCUT2D eigenvalue weighted by Crippen LogP contribution is -2.22. The number of anilines is 3. The molecule has 0 saturated carbocycles. The van der Waals surface area contributed by atoms with Crippen molar-refractivity contribution < 1.29 is 35.3 Å². The fourth-order valence-corrected chi connectivity index (χ4v) is 8.48. The van der Waals surface area contributed by atoms with Gasteiger partial charge in [-0.05, 0) is 152 Å². The van der Waals surface area contributed by atoms with Crippen LogP contribution in [0.2, 0.25) is 0 Å². The number of rotatable bonds is 16. The average molecular weight is 861 g/mol. The minimum Gasteiger partial charge on any atom is -0.744 e. The molecule has 0 atom stereocenters. The van der Waals surface area contributed by atoms with E-state index in [1.165, 1.54) is 29.3 Å². The van der Waals surface area contributed by atoms with Crippen LogP contribution in [0.1, 0.15) is 55.5 Å². The molecule has 316 valence electrons. The van der Waals surface area contributed by atoms with E-state index in [9.17, 15) is 30.8 Å². The van der Waals surface area contributed by atoms with Gasteiger partial charge in [0.25, 0.3) is 10.1 Å². The van der Waals surface area contributed by atoms with Crippen LogP contribution in [0.15, 0.2) is 160 Å². The van der Waals surface area contributed by atoms with E-state index >= 15 is 0 Å². The largest absolute Gasteiger partial charge is 0.744 e. The van der Waals surface area contributed by atoms with Gasteiger partial charge in [-0.2, -0.15) is 13.4 Å². The molecule has 0 unspecified atom stereocenters. The summed E-state index contributed by atoms with van der Waals surface area (Å²) in [5.74, 6) is 0.689. The Kier molecular flexibility index (Phi) is 13.8. The van der Waals surface area contributed by atoms with Crippen molar-refractivity contribution in [3.8, 4) is 5.75 Å². The molecule has 61 heavy (non-hydrogen) atoms. The van der Waals surface area contributed by atoms with Crippen LogP contribution < -0.4 is 14.6 Å². The number of ether oxygens (including phenoxy) is 1. The van der Waals surface area contributed by atoms with Gasteiger partial charge in [0.1, 0.15) is 22.4 Å². The summed E-state index contributed by atoms with van der Waals surface area (Å²) in [5, 5.41) is 4.65. The molecule has 1 aliphatic carbocycles. The van der Waals surface area contributed by atoms with Crippen LogP contribution in [-0.2, 0) is 33.3 Å². The van der Waals surface area contributed by atoms with Gasteiger partial charge in [-0.1, -0.05) is 42.5 Å². The number of aryl methyl sites for hydroxylation is 1. The second kappa shape index (κ2) is 19.0. The molecular formula is C47H48N4O8S2. The van der Waals surface area contributed by atoms with Gasteiger partial charge in [0, 0.05) is 36.5 Å². The molecule has 12 nitrogen and oxygen atoms in total. The Balaban J connectivity index is 1.41. The third-order valence-electron chi connectivity index (χ3n) is 10.5. The molecule has 5 aromatic carbocycles. The van der Waals surface area contributed by atoms with Crippen LogP contribution in [0.4, 0.5) is 17.1 Å². The molecule has 0 saturated heterocycles. The molecule has 0 aliphatic heterocycles. The van der Waals surface area contributed by atoms with Crippen molar-refractivity contribution in [1.82, 2.24) is 0 Å². The van der Waals surface area contributed by atoms with Gasteiger partial charge in [0.2, 0.25) is 0 Å². The predicted molar refractivity (Wildman–Crippen MR) is 239 cm³/mol. The third-order valence-corrected chi connectivity index (χ3v) is 12.1. The first-order valence-electron chi connectivity index (χ1n) is 19.8. The summed E-state index contributed by atoms with van der Waals surface area (Å²) in [6.07, 6.45) is 6.21. The molecule has 0 bridgehead atoms. The fourth-order valence-electron chi connectivity index (χ4n) is 7.38. The summed E-state index contributed by atoms with van der Waals surface area (Å²) in [5.41, 5.74) is 10.2. The Hall–Kier alpha value is -6.19. The molecular weight excluding hydrogens is 813 g/mol. The molecule has 0 amide bonds. The van der Waals surface area contributed by atoms with E-state index in [1.54, 1.807) is 42.5 Å². The molecule has 0 fully saturated rings. The van der Waals surface area contributed by atoms with Gasteiger partial charge >= 0.3 is 0 Å². The fraction of sp³-hybridized carbons (Fsp3) is 0.213. The summed E-state index contributed by atoms with van der Waals surface area (Å²) in [7, 11) is -8.95. The minimum absolute atomic E-state index is 0.156. The number of hydrogen-bond donors (Lipinski definition) is 1. The Morgan fingerprint density at radius 2 is 1.39 bits per heavy atom. The monoisotopic (exact) mass is 860 g/mol. The molecule has 0 spiro atoms. The molecule has 0 heterocycles. The number of nitroso groups, excluding NO2 is 1. The second-order valence-corrected chi connectivity index (χ2v) is 17.3. The van der Waals surface area contributed by atoms with Gasteiger partial charge in [-0.25, -0.2) is 13.0 Å². The first-order chi connectivity index (χ1) is 29.1. The SMILES string of the molecule is CCOc1ccc(N(N=O)c2ccc(C(=C3C=CC(=[N+](CC)Cc4cccc(S(=O)(=O)O)c4)C=C3C)c3ccc(N(CC)Cc4cccc(S(=O)(=O)[O-])c4)cc3C)cc2)cc1. The zero-order chi connectivity index (χ0) is 43.9. The van der Waals surface area contributed by atoms with Gasteiger partial charge in [-0.3, -0.25) is 4.55 Å². The van der Waals surface area contributed by atoms with Gasteiger partial charge < -0.3 is 14.2 Å². The highest BCUT2D eigenvalue weighted by Crippen LogP contribution is 2.38. The lowest BCUT2D eigenvalue weighted by atomic mass is 9.85. The van der Waals surface area contributed by atoms with Crippen molar-refractivity contribution in [2.75, 3.05) is 29.6 Å². The molecule has 14 heteroatoms. The molecule has 6 rings (SSSR count). The zero-order valence-corrected chi connectivity index (χ0v) is 36.3. The zero-order valence-electron chi connectivity index (χ0n) is 34.6. The lowest BCUT2D eigenvalue weighted by molar-refractivity contribution is -0.539. The van der Waals surface area contributed by atoms with E-state index in [1.807, 2.05) is 77.1 Å². The van der Waals surface area contributed by atoms with E-state index < -0.39 is 20.2 Å². The van der Waals surface area contributed by atoms with Crippen molar-refractivity contribution in [2.45, 2.75) is 57.5 Å². The first-order valence-corrected chi connectivity index (χ1v) is 22.6. The lowest BCUT2D eigenvalue weighted by Gasteiger charge is -2.26. The standard InChI is InChI=1S/C47H48N4O8S2/c1-6-49(31-35-11-9-13-43(29-35)60(53,54)55)40-21-25-45(33(4)27-40)47(37-15-17-38(18-16-37)51(48-52)39-19-23-42(24-20-39)59-8-3)46-26-22-41(28-34(46)5)50(7-2)32-36-12-10-14-44(30-36)61(56,57)58/h9-30H,6-8,31-32H2,1-5H3,(H-,53,54,55,56,57,58). The number of hydrogen-bond acceptors (Lipinski definition) is 9. The van der Waals surface area contributed by atoms with Crippen molar-refractivity contribution >= 4 is 48.6 Å². The molecule has 0 radical (unpaired) electrons. The van der Waals surface area contributed by atoms with Gasteiger partial charge in [0.15, 0.2) is 12.3 Å². The number of nitrogens with zero attached hydrogens (tertiary/aromatic N) is 4. The molecule has 0 aromatic heterocycles. The highest BCUT2D eigenvalue weighted by atomic mass is 32.2. The third kappa shape index (κ3) is 10.6. The van der Waals surface area contributed by atoms with E-state index in [4.69, 9.17) is 4.74 Å². The van der Waals surface area contributed by atoms with E-state index in [0.717, 1.165) is 50.4 Å². The maximum absolute atomic E-state index is 12.2. The first kappa shape index (κ1) is 44.4. The maximum atomic E-state index is 12.2. The van der Waals surface area contributed by atoms with Crippen molar-refractivity contribution in [3.05, 3.63) is 177 Å². The summed E-state index contributed by atoms with van der Waals surface area (Å²) in [6, 6.07) is 33.4. The van der Waals surface area contributed by atoms with Crippen molar-refractivity contribution in [1.29, 1.82) is 0 Å². The molecule has 1 aliphatic rings. The number of benzene rings is 5. The van der Waals surface area contributed by atoms with Crippen LogP contribution in [0.25, 0.3) is 5.57 Å². The number of allylic oxidation sites excluding steroid dienone is 5. The average Bonchev–Trinajstić information content (AvgIpc) is 3.24. The summed E-state index contributed by atoms with van der Waals surface area (Å²) >= 11 is 0. The van der Waals surface area contributed by atoms with Crippen molar-refractivity contribution in [3.63, 3.8) is 0 Å². The van der Waals surface area contributed by atoms with E-state index in [0.29, 0.717) is 55.5 Å². The van der Waals surface area contributed by atoms with E-state index in [2.05, 4.69) is 39.0 Å². The Labute approximate surface area is 357 Å². The van der Waals surface area contributed by atoms with Crippen molar-refractivity contribution in [2.24, 2.45) is 5.29 Å². The Morgan fingerprint density at radius 3 is 1.97 bits per heavy atom. The Morgan fingerprint density at radius 1 is 0.770 bits per heavy atom. The molecule has 1 N–H and O–H groups in total. The topological polar surface area (TPSA) is 160 Å². The summed E-state index contributed by atoms with van der Waals surface area (Å²) < 4.78 is 76.2. The quantitative estimate of drug-likeness (QED) is 0.0438. The normalized spacial score (nSPS) is 14.6. The predicted octanol–water partition coefficient (Wildman–Crippen LogP) is 9.38. The highest BCUT2D eigenvalue weighted by Gasteiger charge is 2.22. The van der Waals surface area contributed by atoms with Crippen LogP contribution >= 0.6 is 0 Å². The molecule has 5 aromatic rings. The van der Waals surface area contributed by atoms with Gasteiger partial charge in [-0.15, -0.1) is 4.91 Å². The smallest absolute Gasteiger partial charge is 0.294 e. The van der Waals surface area contributed by atoms with Crippen LogP contribution in [0.3, 0.4) is 0 Å². The maximum Gasteiger partial charge on any atom is 0.294 e. The highest BCUT2D eigenvalue weighted by molar-refractivity contribution is 7.86. The van der Waals surface area contributed by atoms with E-state index in [-0.39, 0.29) is 9.79 Å². The van der Waals surface area contributed by atoms with Gasteiger partial charge in [0.05, 0.1) is 33.1 Å². The summed E-state index contributed by atoms with van der Waals surface area (Å²) in [4.78, 5) is 13.9. The summed E-state index contributed by atoms with van der Waals surface area (Å²) in [6.45, 7) is 12.6. The van der Waals surface area contributed by atoms with Crippen LogP contribution in [0, 0.1) is 11.8 Å². The minimum atomic E-state index is -4.60. The second-order valence-electron chi connectivity index (χ2n) is 14.5. The Bertz CT molecular complexity index is 2780.